The highest BCUT2D eigenvalue weighted by molar-refractivity contribution is 9.10. The fourth-order valence-corrected chi connectivity index (χ4v) is 3.77. The van der Waals surface area contributed by atoms with Crippen LogP contribution in [0.5, 0.6) is 0 Å². The van der Waals surface area contributed by atoms with Crippen LogP contribution in [0.25, 0.3) is 10.9 Å². The Morgan fingerprint density at radius 2 is 2.20 bits per heavy atom. The maximum atomic E-state index is 12.6. The van der Waals surface area contributed by atoms with E-state index in [9.17, 15) is 4.79 Å². The normalized spacial score (nSPS) is 22.6. The molecule has 0 amide bonds. The molecule has 4 rings (SSSR count). The van der Waals surface area contributed by atoms with Gasteiger partial charge in [-0.25, -0.2) is 4.98 Å². The third-order valence-corrected chi connectivity index (χ3v) is 4.98. The summed E-state index contributed by atoms with van der Waals surface area (Å²) in [6.07, 6.45) is 3.74. The Balaban J connectivity index is 1.89. The lowest BCUT2D eigenvalue weighted by atomic mass is 10.00. The van der Waals surface area contributed by atoms with Crippen molar-refractivity contribution in [3.05, 3.63) is 38.9 Å². The van der Waals surface area contributed by atoms with Crippen LogP contribution in [0.2, 0.25) is 0 Å². The van der Waals surface area contributed by atoms with Crippen molar-refractivity contribution in [2.45, 2.75) is 38.4 Å². The molecule has 1 saturated heterocycles. The predicted octanol–water partition coefficient (Wildman–Crippen LogP) is 2.53. The van der Waals surface area contributed by atoms with Crippen LogP contribution in [0.15, 0.2) is 27.5 Å². The van der Waals surface area contributed by atoms with Crippen LogP contribution in [0.4, 0.5) is 0 Å². The van der Waals surface area contributed by atoms with Crippen LogP contribution < -0.4 is 5.56 Å². The van der Waals surface area contributed by atoms with E-state index < -0.39 is 0 Å². The standard InChI is InChI=1S/C15H16BrN3O/c16-10-4-5-12-13(7-10)17-14-9-18-6-2-1-3-11(18)8-19(14)15(12)20/h4-5,7,11H,1-3,6,8-9H2. The lowest BCUT2D eigenvalue weighted by Crippen LogP contribution is -2.49. The van der Waals surface area contributed by atoms with E-state index in [1.54, 1.807) is 0 Å². The van der Waals surface area contributed by atoms with Gasteiger partial charge in [-0.2, -0.15) is 0 Å². The first kappa shape index (κ1) is 12.5. The lowest BCUT2D eigenvalue weighted by molar-refractivity contribution is 0.0952. The number of benzene rings is 1. The van der Waals surface area contributed by atoms with Crippen LogP contribution in [0.3, 0.4) is 0 Å². The van der Waals surface area contributed by atoms with Crippen LogP contribution in [0.1, 0.15) is 25.1 Å². The van der Waals surface area contributed by atoms with E-state index in [-0.39, 0.29) is 5.56 Å². The average molecular weight is 334 g/mol. The molecule has 0 spiro atoms. The van der Waals surface area contributed by atoms with Gasteiger partial charge in [-0.15, -0.1) is 0 Å². The third kappa shape index (κ3) is 1.91. The molecular formula is C15H16BrN3O. The second-order valence-electron chi connectivity index (χ2n) is 5.73. The van der Waals surface area contributed by atoms with Gasteiger partial charge in [0.25, 0.3) is 5.56 Å². The molecule has 0 saturated carbocycles. The highest BCUT2D eigenvalue weighted by Crippen LogP contribution is 2.25. The van der Waals surface area contributed by atoms with Gasteiger partial charge in [-0.1, -0.05) is 22.4 Å². The van der Waals surface area contributed by atoms with Gasteiger partial charge >= 0.3 is 0 Å². The molecule has 104 valence electrons. The number of rotatable bonds is 0. The number of aromatic nitrogens is 2. The zero-order chi connectivity index (χ0) is 13.7. The Morgan fingerprint density at radius 3 is 3.10 bits per heavy atom. The molecule has 1 aromatic carbocycles. The predicted molar refractivity (Wildman–Crippen MR) is 81.8 cm³/mol. The zero-order valence-electron chi connectivity index (χ0n) is 11.2. The molecule has 2 aliphatic heterocycles. The molecule has 0 bridgehead atoms. The van der Waals surface area contributed by atoms with Crippen molar-refractivity contribution < 1.29 is 0 Å². The Labute approximate surface area is 125 Å². The topological polar surface area (TPSA) is 38.1 Å². The number of hydrogen-bond acceptors (Lipinski definition) is 3. The molecule has 0 radical (unpaired) electrons. The molecule has 2 aromatic rings. The molecule has 5 heteroatoms. The summed E-state index contributed by atoms with van der Waals surface area (Å²) < 4.78 is 2.86. The maximum Gasteiger partial charge on any atom is 0.261 e. The van der Waals surface area contributed by atoms with Gasteiger partial charge in [0, 0.05) is 17.1 Å². The second kappa shape index (κ2) is 4.67. The van der Waals surface area contributed by atoms with Crippen LogP contribution in [-0.4, -0.2) is 27.0 Å². The van der Waals surface area contributed by atoms with Crippen molar-refractivity contribution in [2.24, 2.45) is 0 Å². The minimum absolute atomic E-state index is 0.114. The van der Waals surface area contributed by atoms with Gasteiger partial charge in [0.15, 0.2) is 0 Å². The van der Waals surface area contributed by atoms with E-state index in [1.165, 1.54) is 19.3 Å². The third-order valence-electron chi connectivity index (χ3n) is 4.48. The first-order valence-electron chi connectivity index (χ1n) is 7.15. The molecule has 1 aromatic heterocycles. The van der Waals surface area contributed by atoms with E-state index in [2.05, 4.69) is 20.8 Å². The molecular weight excluding hydrogens is 318 g/mol. The van der Waals surface area contributed by atoms with E-state index in [1.807, 2.05) is 22.8 Å². The molecule has 3 heterocycles. The summed E-state index contributed by atoms with van der Waals surface area (Å²) in [6.45, 7) is 2.74. The number of fused-ring (bicyclic) bond motifs is 3. The highest BCUT2D eigenvalue weighted by Gasteiger charge is 2.29. The SMILES string of the molecule is O=c1c2ccc(Br)cc2nc2n1CC1CCCCN1C2. The van der Waals surface area contributed by atoms with Gasteiger partial charge in [0.05, 0.1) is 17.4 Å². The Hall–Kier alpha value is -1.20. The maximum absolute atomic E-state index is 12.6. The van der Waals surface area contributed by atoms with E-state index in [4.69, 9.17) is 4.98 Å². The Bertz CT molecular complexity index is 740. The molecule has 1 atom stereocenters. The van der Waals surface area contributed by atoms with Crippen molar-refractivity contribution in [3.63, 3.8) is 0 Å². The van der Waals surface area contributed by atoms with Crippen LogP contribution in [-0.2, 0) is 13.1 Å². The number of nitrogens with zero attached hydrogens (tertiary/aromatic N) is 3. The zero-order valence-corrected chi connectivity index (χ0v) is 12.8. The number of piperidine rings is 1. The highest BCUT2D eigenvalue weighted by atomic mass is 79.9. The van der Waals surface area contributed by atoms with Gasteiger partial charge < -0.3 is 0 Å². The van der Waals surface area contributed by atoms with Crippen molar-refractivity contribution in [1.29, 1.82) is 0 Å². The summed E-state index contributed by atoms with van der Waals surface area (Å²) in [6, 6.07) is 6.23. The second-order valence-corrected chi connectivity index (χ2v) is 6.64. The summed E-state index contributed by atoms with van der Waals surface area (Å²) in [4.78, 5) is 19.8. The van der Waals surface area contributed by atoms with Crippen molar-refractivity contribution >= 4 is 26.8 Å². The summed E-state index contributed by atoms with van der Waals surface area (Å²) in [5, 5.41) is 0.723. The molecule has 1 fully saturated rings. The smallest absolute Gasteiger partial charge is 0.261 e. The molecule has 20 heavy (non-hydrogen) atoms. The lowest BCUT2D eigenvalue weighted by Gasteiger charge is -2.40. The van der Waals surface area contributed by atoms with Gasteiger partial charge in [0.2, 0.25) is 0 Å². The van der Waals surface area contributed by atoms with Gasteiger partial charge in [-0.05, 0) is 37.6 Å². The van der Waals surface area contributed by atoms with Crippen molar-refractivity contribution in [1.82, 2.24) is 14.5 Å². The summed E-state index contributed by atoms with van der Waals surface area (Å²) in [5.74, 6) is 0.916. The van der Waals surface area contributed by atoms with Crippen molar-refractivity contribution in [2.75, 3.05) is 6.54 Å². The minimum Gasteiger partial charge on any atom is -0.293 e. The molecule has 4 nitrogen and oxygen atoms in total. The van der Waals surface area contributed by atoms with Gasteiger partial charge in [0.1, 0.15) is 5.82 Å². The summed E-state index contributed by atoms with van der Waals surface area (Å²) in [7, 11) is 0. The average Bonchev–Trinajstić information content (AvgIpc) is 2.45. The largest absolute Gasteiger partial charge is 0.293 e. The molecule has 0 aliphatic carbocycles. The van der Waals surface area contributed by atoms with Gasteiger partial charge in [-0.3, -0.25) is 14.3 Å². The van der Waals surface area contributed by atoms with Crippen molar-refractivity contribution in [3.8, 4) is 0 Å². The first-order chi connectivity index (χ1) is 9.72. The fraction of sp³-hybridized carbons (Fsp3) is 0.467. The summed E-state index contributed by atoms with van der Waals surface area (Å²) >= 11 is 3.45. The molecule has 0 N–H and O–H groups in total. The first-order valence-corrected chi connectivity index (χ1v) is 7.95. The van der Waals surface area contributed by atoms with Crippen LogP contribution >= 0.6 is 15.9 Å². The molecule has 1 unspecified atom stereocenters. The number of hydrogen-bond donors (Lipinski definition) is 0. The van der Waals surface area contributed by atoms with Crippen LogP contribution in [0, 0.1) is 0 Å². The van der Waals surface area contributed by atoms with E-state index in [0.29, 0.717) is 6.04 Å². The number of halogens is 1. The quantitative estimate of drug-likeness (QED) is 0.743. The van der Waals surface area contributed by atoms with E-state index in [0.717, 1.165) is 40.8 Å². The minimum atomic E-state index is 0.114. The Morgan fingerprint density at radius 1 is 1.30 bits per heavy atom. The Kier molecular flexibility index (Phi) is 2.93. The summed E-state index contributed by atoms with van der Waals surface area (Å²) in [5.41, 5.74) is 0.911. The monoisotopic (exact) mass is 333 g/mol. The molecule has 2 aliphatic rings. The fourth-order valence-electron chi connectivity index (χ4n) is 3.42. The van der Waals surface area contributed by atoms with E-state index >= 15 is 0 Å².